The summed E-state index contributed by atoms with van der Waals surface area (Å²) in [5.74, 6) is 1.30. The van der Waals surface area contributed by atoms with E-state index in [9.17, 15) is 5.11 Å². The molecule has 0 saturated carbocycles. The van der Waals surface area contributed by atoms with E-state index in [1.807, 2.05) is 0 Å². The maximum Gasteiger partial charge on any atom is 0.0692 e. The standard InChI is InChI=1S/C13H27NO/c1-4-11(3)13(15)10-14-8-6-7-12(5-2)9-14/h11-13,15H,4-10H2,1-3H3. The van der Waals surface area contributed by atoms with Crippen LogP contribution < -0.4 is 0 Å². The van der Waals surface area contributed by atoms with Gasteiger partial charge in [0.25, 0.3) is 0 Å². The minimum Gasteiger partial charge on any atom is -0.392 e. The minimum absolute atomic E-state index is 0.134. The van der Waals surface area contributed by atoms with Gasteiger partial charge in [-0.2, -0.15) is 0 Å². The maximum atomic E-state index is 9.99. The first-order valence-electron chi connectivity index (χ1n) is 6.57. The third-order valence-electron chi connectivity index (χ3n) is 3.93. The molecular weight excluding hydrogens is 186 g/mol. The molecule has 1 aliphatic rings. The van der Waals surface area contributed by atoms with Crippen molar-refractivity contribution in [1.29, 1.82) is 0 Å². The van der Waals surface area contributed by atoms with Crippen molar-refractivity contribution in [2.45, 2.75) is 52.6 Å². The molecule has 1 N–H and O–H groups in total. The molecule has 0 aromatic carbocycles. The van der Waals surface area contributed by atoms with Crippen LogP contribution in [0.3, 0.4) is 0 Å². The number of piperidine rings is 1. The molecule has 1 heterocycles. The molecule has 1 saturated heterocycles. The largest absolute Gasteiger partial charge is 0.392 e. The Kier molecular flexibility index (Phi) is 5.62. The van der Waals surface area contributed by atoms with Crippen molar-refractivity contribution < 1.29 is 5.11 Å². The van der Waals surface area contributed by atoms with Gasteiger partial charge in [0.2, 0.25) is 0 Å². The van der Waals surface area contributed by atoms with E-state index in [1.165, 1.54) is 32.4 Å². The van der Waals surface area contributed by atoms with Crippen molar-refractivity contribution in [1.82, 2.24) is 4.90 Å². The van der Waals surface area contributed by atoms with Crippen molar-refractivity contribution in [2.24, 2.45) is 11.8 Å². The molecule has 0 aliphatic carbocycles. The van der Waals surface area contributed by atoms with Gasteiger partial charge in [-0.15, -0.1) is 0 Å². The van der Waals surface area contributed by atoms with E-state index in [1.54, 1.807) is 0 Å². The number of likely N-dealkylation sites (tertiary alicyclic amines) is 1. The molecule has 1 aliphatic heterocycles. The predicted molar refractivity (Wildman–Crippen MR) is 64.9 cm³/mol. The molecule has 0 aromatic heterocycles. The molecule has 90 valence electrons. The number of β-amino-alcohol motifs (C(OH)–C–C–N with tert-alkyl or cyclic N) is 1. The monoisotopic (exact) mass is 213 g/mol. The average Bonchev–Trinajstić information content (AvgIpc) is 2.28. The second-order valence-electron chi connectivity index (χ2n) is 5.13. The fourth-order valence-electron chi connectivity index (χ4n) is 2.37. The fraction of sp³-hybridized carbons (Fsp3) is 1.00. The van der Waals surface area contributed by atoms with Gasteiger partial charge in [-0.3, -0.25) is 0 Å². The molecule has 3 unspecified atom stereocenters. The van der Waals surface area contributed by atoms with Gasteiger partial charge in [0.05, 0.1) is 6.10 Å². The summed E-state index contributed by atoms with van der Waals surface area (Å²) in [4.78, 5) is 2.45. The Morgan fingerprint density at radius 1 is 1.40 bits per heavy atom. The molecule has 1 rings (SSSR count). The Morgan fingerprint density at radius 3 is 2.73 bits per heavy atom. The molecular formula is C13H27NO. The lowest BCUT2D eigenvalue weighted by atomic mass is 9.94. The van der Waals surface area contributed by atoms with Crippen molar-refractivity contribution in [3.8, 4) is 0 Å². The van der Waals surface area contributed by atoms with E-state index in [0.717, 1.165) is 18.9 Å². The summed E-state index contributed by atoms with van der Waals surface area (Å²) in [6, 6.07) is 0. The summed E-state index contributed by atoms with van der Waals surface area (Å²) in [7, 11) is 0. The fourth-order valence-corrected chi connectivity index (χ4v) is 2.37. The first kappa shape index (κ1) is 13.0. The van der Waals surface area contributed by atoms with Crippen LogP contribution in [0.5, 0.6) is 0 Å². The van der Waals surface area contributed by atoms with Gasteiger partial charge >= 0.3 is 0 Å². The van der Waals surface area contributed by atoms with Crippen LogP contribution in [0.1, 0.15) is 46.5 Å². The van der Waals surface area contributed by atoms with Crippen LogP contribution in [-0.2, 0) is 0 Å². The summed E-state index contributed by atoms with van der Waals surface area (Å²) in [5, 5.41) is 9.99. The van der Waals surface area contributed by atoms with Crippen LogP contribution in [0.4, 0.5) is 0 Å². The Bertz CT molecular complexity index is 172. The normalized spacial score (nSPS) is 27.6. The van der Waals surface area contributed by atoms with E-state index in [0.29, 0.717) is 5.92 Å². The number of rotatable bonds is 5. The second kappa shape index (κ2) is 6.49. The summed E-state index contributed by atoms with van der Waals surface area (Å²) < 4.78 is 0. The highest BCUT2D eigenvalue weighted by molar-refractivity contribution is 4.75. The Morgan fingerprint density at radius 2 is 2.13 bits per heavy atom. The van der Waals surface area contributed by atoms with Gasteiger partial charge in [-0.25, -0.2) is 0 Å². The number of aliphatic hydroxyl groups is 1. The number of hydrogen-bond donors (Lipinski definition) is 1. The van der Waals surface area contributed by atoms with Crippen molar-refractivity contribution in [3.63, 3.8) is 0 Å². The quantitative estimate of drug-likeness (QED) is 0.758. The SMILES string of the molecule is CCC1CCCN(CC(O)C(C)CC)C1. The van der Waals surface area contributed by atoms with Crippen LogP contribution in [0, 0.1) is 11.8 Å². The van der Waals surface area contributed by atoms with Crippen LogP contribution in [0.15, 0.2) is 0 Å². The van der Waals surface area contributed by atoms with Gasteiger partial charge in [0.1, 0.15) is 0 Å². The number of aliphatic hydroxyl groups excluding tert-OH is 1. The molecule has 0 amide bonds. The lowest BCUT2D eigenvalue weighted by molar-refractivity contribution is 0.0501. The van der Waals surface area contributed by atoms with Gasteiger partial charge in [-0.05, 0) is 31.2 Å². The Balaban J connectivity index is 2.31. The smallest absolute Gasteiger partial charge is 0.0692 e. The molecule has 3 atom stereocenters. The van der Waals surface area contributed by atoms with E-state index in [4.69, 9.17) is 0 Å². The zero-order valence-corrected chi connectivity index (χ0v) is 10.6. The summed E-state index contributed by atoms with van der Waals surface area (Å²) in [6.07, 6.45) is 4.92. The molecule has 2 nitrogen and oxygen atoms in total. The molecule has 0 aromatic rings. The average molecular weight is 213 g/mol. The number of nitrogens with zero attached hydrogens (tertiary/aromatic N) is 1. The third kappa shape index (κ3) is 4.12. The molecule has 1 fully saturated rings. The van der Waals surface area contributed by atoms with E-state index in [-0.39, 0.29) is 6.10 Å². The maximum absolute atomic E-state index is 9.99. The highest BCUT2D eigenvalue weighted by Crippen LogP contribution is 2.20. The minimum atomic E-state index is -0.134. The van der Waals surface area contributed by atoms with Gasteiger partial charge in [-0.1, -0.05) is 33.6 Å². The lowest BCUT2D eigenvalue weighted by Gasteiger charge is -2.34. The van der Waals surface area contributed by atoms with Crippen LogP contribution in [0.25, 0.3) is 0 Å². The Hall–Kier alpha value is -0.0800. The summed E-state index contributed by atoms with van der Waals surface area (Å²) in [5.41, 5.74) is 0. The van der Waals surface area contributed by atoms with Crippen LogP contribution in [0.2, 0.25) is 0 Å². The first-order valence-corrected chi connectivity index (χ1v) is 6.57. The van der Waals surface area contributed by atoms with Gasteiger partial charge in [0.15, 0.2) is 0 Å². The first-order chi connectivity index (χ1) is 7.17. The van der Waals surface area contributed by atoms with Crippen molar-refractivity contribution >= 4 is 0 Å². The van der Waals surface area contributed by atoms with E-state index < -0.39 is 0 Å². The third-order valence-corrected chi connectivity index (χ3v) is 3.93. The zero-order chi connectivity index (χ0) is 11.3. The predicted octanol–water partition coefficient (Wildman–Crippen LogP) is 2.52. The van der Waals surface area contributed by atoms with Crippen LogP contribution >= 0.6 is 0 Å². The molecule has 0 radical (unpaired) electrons. The van der Waals surface area contributed by atoms with E-state index >= 15 is 0 Å². The number of hydrogen-bond acceptors (Lipinski definition) is 2. The second-order valence-corrected chi connectivity index (χ2v) is 5.13. The summed E-state index contributed by atoms with van der Waals surface area (Å²) in [6.45, 7) is 9.84. The summed E-state index contributed by atoms with van der Waals surface area (Å²) >= 11 is 0. The highest BCUT2D eigenvalue weighted by Gasteiger charge is 2.22. The molecule has 2 heteroatoms. The molecule has 15 heavy (non-hydrogen) atoms. The zero-order valence-electron chi connectivity index (χ0n) is 10.6. The van der Waals surface area contributed by atoms with Crippen LogP contribution in [-0.4, -0.2) is 35.7 Å². The molecule has 0 spiro atoms. The van der Waals surface area contributed by atoms with Gasteiger partial charge < -0.3 is 10.0 Å². The topological polar surface area (TPSA) is 23.5 Å². The Labute approximate surface area is 94.7 Å². The molecule has 0 bridgehead atoms. The highest BCUT2D eigenvalue weighted by atomic mass is 16.3. The van der Waals surface area contributed by atoms with Crippen molar-refractivity contribution in [2.75, 3.05) is 19.6 Å². The lowest BCUT2D eigenvalue weighted by Crippen LogP contribution is -2.41. The van der Waals surface area contributed by atoms with Crippen molar-refractivity contribution in [3.05, 3.63) is 0 Å². The van der Waals surface area contributed by atoms with E-state index in [2.05, 4.69) is 25.7 Å². The van der Waals surface area contributed by atoms with Gasteiger partial charge in [0, 0.05) is 13.1 Å².